The number of esters is 1. The zero-order chi connectivity index (χ0) is 18.2. The summed E-state index contributed by atoms with van der Waals surface area (Å²) in [6.07, 6.45) is 1.22. The quantitative estimate of drug-likeness (QED) is 0.749. The van der Waals surface area contributed by atoms with E-state index in [9.17, 15) is 19.5 Å². The average Bonchev–Trinajstić information content (AvgIpc) is 2.59. The Bertz CT molecular complexity index is 646. The number of hydrogen-bond acceptors (Lipinski definition) is 5. The first-order chi connectivity index (χ1) is 12.0. The highest BCUT2D eigenvalue weighted by atomic mass is 16.5. The number of benzene rings is 1. The summed E-state index contributed by atoms with van der Waals surface area (Å²) in [6, 6.07) is 8.27. The second-order valence-corrected chi connectivity index (χ2v) is 5.28. The molecule has 8 nitrogen and oxygen atoms in total. The Morgan fingerprint density at radius 3 is 2.56 bits per heavy atom. The van der Waals surface area contributed by atoms with Gasteiger partial charge in [0.25, 0.3) is 5.91 Å². The van der Waals surface area contributed by atoms with Gasteiger partial charge in [-0.1, -0.05) is 30.3 Å². The van der Waals surface area contributed by atoms with E-state index in [0.717, 1.165) is 15.4 Å². The number of carbonyl (C=O) groups is 3. The first kappa shape index (κ1) is 18.5. The molecule has 0 aromatic heterocycles. The molecule has 8 heteroatoms. The maximum atomic E-state index is 12.5. The number of carboxylic acid groups (broad SMARTS) is 1. The van der Waals surface area contributed by atoms with Crippen molar-refractivity contribution in [1.29, 1.82) is 0 Å². The SMILES string of the molecule is CCOC(=O)CN1C=CN(C(=O)O)C(COCc2ccccc2)C1=O. The van der Waals surface area contributed by atoms with Gasteiger partial charge in [-0.15, -0.1) is 0 Å². The molecular weight excluding hydrogens is 328 g/mol. The molecule has 1 aliphatic rings. The van der Waals surface area contributed by atoms with Gasteiger partial charge < -0.3 is 19.5 Å². The molecule has 0 radical (unpaired) electrons. The van der Waals surface area contributed by atoms with Crippen LogP contribution in [0.5, 0.6) is 0 Å². The average molecular weight is 348 g/mol. The Kier molecular flexibility index (Phi) is 6.53. The van der Waals surface area contributed by atoms with Crippen LogP contribution in [0.4, 0.5) is 4.79 Å². The second-order valence-electron chi connectivity index (χ2n) is 5.28. The fourth-order valence-electron chi connectivity index (χ4n) is 2.33. The number of ether oxygens (including phenoxy) is 2. The Hall–Kier alpha value is -2.87. The molecule has 0 bridgehead atoms. The molecule has 2 rings (SSSR count). The minimum atomic E-state index is -1.27. The molecular formula is C17H20N2O6. The van der Waals surface area contributed by atoms with Crippen molar-refractivity contribution in [2.24, 2.45) is 0 Å². The van der Waals surface area contributed by atoms with Crippen LogP contribution >= 0.6 is 0 Å². The van der Waals surface area contributed by atoms with Crippen molar-refractivity contribution in [2.75, 3.05) is 19.8 Å². The minimum absolute atomic E-state index is 0.121. The highest BCUT2D eigenvalue weighted by molar-refractivity contribution is 5.90. The fourth-order valence-corrected chi connectivity index (χ4v) is 2.33. The molecule has 25 heavy (non-hydrogen) atoms. The molecule has 134 valence electrons. The van der Waals surface area contributed by atoms with E-state index in [1.807, 2.05) is 30.3 Å². The number of carbonyl (C=O) groups excluding carboxylic acids is 2. The number of nitrogens with zero attached hydrogens (tertiary/aromatic N) is 2. The molecule has 1 unspecified atom stereocenters. The Morgan fingerprint density at radius 2 is 1.92 bits per heavy atom. The van der Waals surface area contributed by atoms with Crippen molar-refractivity contribution in [1.82, 2.24) is 9.80 Å². The van der Waals surface area contributed by atoms with Gasteiger partial charge in [0, 0.05) is 12.4 Å². The predicted molar refractivity (Wildman–Crippen MR) is 87.2 cm³/mol. The van der Waals surface area contributed by atoms with Crippen LogP contribution in [0.3, 0.4) is 0 Å². The van der Waals surface area contributed by atoms with Gasteiger partial charge in [-0.3, -0.25) is 14.5 Å². The van der Waals surface area contributed by atoms with Gasteiger partial charge in [0.05, 0.1) is 19.8 Å². The van der Waals surface area contributed by atoms with Crippen molar-refractivity contribution >= 4 is 18.0 Å². The first-order valence-electron chi connectivity index (χ1n) is 7.80. The van der Waals surface area contributed by atoms with E-state index in [2.05, 4.69) is 0 Å². The third-order valence-corrected chi connectivity index (χ3v) is 3.52. The zero-order valence-corrected chi connectivity index (χ0v) is 13.8. The molecule has 0 saturated heterocycles. The van der Waals surface area contributed by atoms with Gasteiger partial charge in [0.15, 0.2) is 0 Å². The number of amides is 2. The number of rotatable bonds is 7. The van der Waals surface area contributed by atoms with Crippen LogP contribution in [0.1, 0.15) is 12.5 Å². The van der Waals surface area contributed by atoms with Crippen LogP contribution in [-0.2, 0) is 25.7 Å². The van der Waals surface area contributed by atoms with Crippen molar-refractivity contribution in [3.63, 3.8) is 0 Å². The molecule has 1 aromatic rings. The molecule has 0 spiro atoms. The monoisotopic (exact) mass is 348 g/mol. The molecule has 2 amide bonds. The first-order valence-corrected chi connectivity index (χ1v) is 7.80. The minimum Gasteiger partial charge on any atom is -0.465 e. The Balaban J connectivity index is 2.01. The van der Waals surface area contributed by atoms with Crippen LogP contribution in [0, 0.1) is 0 Å². The van der Waals surface area contributed by atoms with Gasteiger partial charge in [-0.2, -0.15) is 0 Å². The highest BCUT2D eigenvalue weighted by Gasteiger charge is 2.35. The Morgan fingerprint density at radius 1 is 1.20 bits per heavy atom. The van der Waals surface area contributed by atoms with Gasteiger partial charge in [-0.25, -0.2) is 4.79 Å². The van der Waals surface area contributed by atoms with Crippen molar-refractivity contribution in [2.45, 2.75) is 19.6 Å². The molecule has 1 atom stereocenters. The van der Waals surface area contributed by atoms with E-state index in [4.69, 9.17) is 9.47 Å². The predicted octanol–water partition coefficient (Wildman–Crippen LogP) is 1.43. The van der Waals surface area contributed by atoms with E-state index in [1.165, 1.54) is 12.4 Å². The smallest absolute Gasteiger partial charge is 0.412 e. The second kappa shape index (κ2) is 8.84. The fraction of sp³-hybridized carbons (Fsp3) is 0.353. The van der Waals surface area contributed by atoms with Crippen LogP contribution < -0.4 is 0 Å². The molecule has 1 heterocycles. The van der Waals surface area contributed by atoms with Crippen molar-refractivity contribution < 1.29 is 29.0 Å². The van der Waals surface area contributed by atoms with Crippen LogP contribution in [0.2, 0.25) is 0 Å². The van der Waals surface area contributed by atoms with Crippen molar-refractivity contribution in [3.05, 3.63) is 48.3 Å². The van der Waals surface area contributed by atoms with Crippen LogP contribution in [-0.4, -0.2) is 58.7 Å². The van der Waals surface area contributed by atoms with E-state index < -0.39 is 24.0 Å². The summed E-state index contributed by atoms with van der Waals surface area (Å²) in [5.41, 5.74) is 0.909. The topological polar surface area (TPSA) is 96.4 Å². The largest absolute Gasteiger partial charge is 0.465 e. The molecule has 0 aliphatic carbocycles. The summed E-state index contributed by atoms with van der Waals surface area (Å²) in [4.78, 5) is 37.4. The van der Waals surface area contributed by atoms with Gasteiger partial charge >= 0.3 is 12.1 Å². The van der Waals surface area contributed by atoms with Gasteiger partial charge in [0.2, 0.25) is 0 Å². The Labute approximate surface area is 145 Å². The molecule has 1 aromatic carbocycles. The standard InChI is InChI=1S/C17H20N2O6/c1-2-25-15(20)10-18-8-9-19(17(22)23)14(16(18)21)12-24-11-13-6-4-3-5-7-13/h3-9,14H,2,10-12H2,1H3,(H,22,23). The van der Waals surface area contributed by atoms with Crippen LogP contribution in [0.25, 0.3) is 0 Å². The third kappa shape index (κ3) is 5.05. The van der Waals surface area contributed by atoms with E-state index in [0.29, 0.717) is 0 Å². The molecule has 1 N–H and O–H groups in total. The zero-order valence-electron chi connectivity index (χ0n) is 13.8. The lowest BCUT2D eigenvalue weighted by atomic mass is 10.2. The lowest BCUT2D eigenvalue weighted by Gasteiger charge is -2.33. The van der Waals surface area contributed by atoms with E-state index in [-0.39, 0.29) is 26.4 Å². The molecule has 0 saturated carbocycles. The summed E-state index contributed by atoms with van der Waals surface area (Å²) in [5.74, 6) is -1.10. The highest BCUT2D eigenvalue weighted by Crippen LogP contribution is 2.14. The normalized spacial score (nSPS) is 16.8. The van der Waals surface area contributed by atoms with Gasteiger partial charge in [0.1, 0.15) is 12.6 Å². The molecule has 0 fully saturated rings. The lowest BCUT2D eigenvalue weighted by molar-refractivity contribution is -0.149. The molecule has 1 aliphatic heterocycles. The number of hydrogen-bond donors (Lipinski definition) is 1. The summed E-state index contributed by atoms with van der Waals surface area (Å²) < 4.78 is 10.3. The summed E-state index contributed by atoms with van der Waals surface area (Å²) >= 11 is 0. The van der Waals surface area contributed by atoms with E-state index >= 15 is 0 Å². The maximum absolute atomic E-state index is 12.5. The van der Waals surface area contributed by atoms with Crippen LogP contribution in [0.15, 0.2) is 42.7 Å². The summed E-state index contributed by atoms with van der Waals surface area (Å²) in [6.45, 7) is 1.72. The summed E-state index contributed by atoms with van der Waals surface area (Å²) in [5, 5.41) is 9.25. The summed E-state index contributed by atoms with van der Waals surface area (Å²) in [7, 11) is 0. The maximum Gasteiger partial charge on any atom is 0.412 e. The lowest BCUT2D eigenvalue weighted by Crippen LogP contribution is -2.53. The van der Waals surface area contributed by atoms with Gasteiger partial charge in [-0.05, 0) is 12.5 Å². The van der Waals surface area contributed by atoms with E-state index in [1.54, 1.807) is 6.92 Å². The van der Waals surface area contributed by atoms with Crippen molar-refractivity contribution in [3.8, 4) is 0 Å². The third-order valence-electron chi connectivity index (χ3n) is 3.52.